The van der Waals surface area contributed by atoms with Gasteiger partial charge in [0.2, 0.25) is 5.91 Å². The summed E-state index contributed by atoms with van der Waals surface area (Å²) in [5.74, 6) is 0.949. The van der Waals surface area contributed by atoms with Crippen LogP contribution in [0.3, 0.4) is 0 Å². The highest BCUT2D eigenvalue weighted by molar-refractivity contribution is 7.97. The first-order valence-corrected chi connectivity index (χ1v) is 9.36. The summed E-state index contributed by atoms with van der Waals surface area (Å²) < 4.78 is 8.39. The zero-order chi connectivity index (χ0) is 16.8. The lowest BCUT2D eigenvalue weighted by molar-refractivity contribution is -0.115. The van der Waals surface area contributed by atoms with Gasteiger partial charge in [-0.2, -0.15) is 0 Å². The van der Waals surface area contributed by atoms with Gasteiger partial charge in [-0.1, -0.05) is 31.9 Å². The summed E-state index contributed by atoms with van der Waals surface area (Å²) in [7, 11) is 0. The summed E-state index contributed by atoms with van der Waals surface area (Å²) in [5.41, 5.74) is 2.02. The van der Waals surface area contributed by atoms with Gasteiger partial charge in [-0.15, -0.1) is 0 Å². The van der Waals surface area contributed by atoms with Crippen molar-refractivity contribution in [1.29, 1.82) is 0 Å². The molecule has 1 atom stereocenters. The smallest absolute Gasteiger partial charge is 0.224 e. The number of carbonyl (C=O) groups is 1. The van der Waals surface area contributed by atoms with Crippen molar-refractivity contribution in [2.24, 2.45) is 0 Å². The molecule has 0 fully saturated rings. The van der Waals surface area contributed by atoms with Gasteiger partial charge in [0.25, 0.3) is 0 Å². The Morgan fingerprint density at radius 3 is 2.87 bits per heavy atom. The Hall–Kier alpha value is -1.20. The molecule has 1 N–H and O–H groups in total. The van der Waals surface area contributed by atoms with E-state index in [0.717, 1.165) is 43.0 Å². The first-order valence-electron chi connectivity index (χ1n) is 8.53. The van der Waals surface area contributed by atoms with Gasteiger partial charge in [-0.25, -0.2) is 4.31 Å². The molecular formula is C18H28N2O2S. The molecule has 128 valence electrons. The van der Waals surface area contributed by atoms with Gasteiger partial charge < -0.3 is 10.1 Å². The van der Waals surface area contributed by atoms with Gasteiger partial charge >= 0.3 is 0 Å². The van der Waals surface area contributed by atoms with E-state index in [0.29, 0.717) is 17.7 Å². The first kappa shape index (κ1) is 18.1. The SMILES string of the molecule is CCCN(SC1COc2cccc(NC(=O)CC)c2C1)C(C)C. The minimum Gasteiger partial charge on any atom is -0.492 e. The molecule has 2 rings (SSSR count). The highest BCUT2D eigenvalue weighted by Crippen LogP contribution is 2.36. The molecule has 0 aromatic heterocycles. The average Bonchev–Trinajstić information content (AvgIpc) is 2.54. The number of rotatable bonds is 7. The molecule has 1 aliphatic rings. The van der Waals surface area contributed by atoms with Crippen molar-refractivity contribution < 1.29 is 9.53 Å². The topological polar surface area (TPSA) is 41.6 Å². The van der Waals surface area contributed by atoms with Crippen molar-refractivity contribution in [2.45, 2.75) is 58.2 Å². The fraction of sp³-hybridized carbons (Fsp3) is 0.611. The zero-order valence-corrected chi connectivity index (χ0v) is 15.4. The molecule has 0 spiro atoms. The second kappa shape index (κ2) is 8.60. The number of hydrogen-bond acceptors (Lipinski definition) is 4. The van der Waals surface area contributed by atoms with E-state index in [4.69, 9.17) is 4.74 Å². The first-order chi connectivity index (χ1) is 11.0. The van der Waals surface area contributed by atoms with E-state index < -0.39 is 0 Å². The molecule has 23 heavy (non-hydrogen) atoms. The number of nitrogens with one attached hydrogen (secondary N) is 1. The van der Waals surface area contributed by atoms with E-state index in [1.54, 1.807) is 0 Å². The van der Waals surface area contributed by atoms with Crippen LogP contribution in [0.15, 0.2) is 18.2 Å². The predicted octanol–water partition coefficient (Wildman–Crippen LogP) is 4.11. The quantitative estimate of drug-likeness (QED) is 0.761. The molecule has 0 saturated carbocycles. The minimum absolute atomic E-state index is 0.0444. The van der Waals surface area contributed by atoms with E-state index in [-0.39, 0.29) is 5.91 Å². The molecule has 1 amide bonds. The van der Waals surface area contributed by atoms with Gasteiger partial charge in [-0.05, 0) is 38.8 Å². The minimum atomic E-state index is 0.0444. The molecule has 1 aromatic rings. The molecule has 1 heterocycles. The Bertz CT molecular complexity index is 534. The fourth-order valence-corrected chi connectivity index (χ4v) is 3.93. The van der Waals surface area contributed by atoms with Crippen molar-refractivity contribution in [2.75, 3.05) is 18.5 Å². The van der Waals surface area contributed by atoms with Gasteiger partial charge in [0, 0.05) is 30.3 Å². The highest BCUT2D eigenvalue weighted by atomic mass is 32.2. The third-order valence-electron chi connectivity index (χ3n) is 3.89. The summed E-state index contributed by atoms with van der Waals surface area (Å²) in [4.78, 5) is 11.7. The van der Waals surface area contributed by atoms with Crippen LogP contribution in [0.5, 0.6) is 5.75 Å². The van der Waals surface area contributed by atoms with Gasteiger partial charge in [-0.3, -0.25) is 4.79 Å². The molecule has 1 unspecified atom stereocenters. The molecular weight excluding hydrogens is 308 g/mol. The summed E-state index contributed by atoms with van der Waals surface area (Å²) in [5, 5.41) is 3.39. The van der Waals surface area contributed by atoms with Crippen LogP contribution in [0.2, 0.25) is 0 Å². The Labute approximate surface area is 144 Å². The lowest BCUT2D eigenvalue weighted by Crippen LogP contribution is -2.32. The van der Waals surface area contributed by atoms with Crippen LogP contribution in [-0.2, 0) is 11.2 Å². The van der Waals surface area contributed by atoms with Gasteiger partial charge in [0.1, 0.15) is 12.4 Å². The van der Waals surface area contributed by atoms with E-state index in [9.17, 15) is 4.79 Å². The van der Waals surface area contributed by atoms with Crippen molar-refractivity contribution in [3.05, 3.63) is 23.8 Å². The van der Waals surface area contributed by atoms with E-state index in [1.807, 2.05) is 37.1 Å². The maximum atomic E-state index is 11.7. The Morgan fingerprint density at radius 2 is 2.22 bits per heavy atom. The summed E-state index contributed by atoms with van der Waals surface area (Å²) in [6.45, 7) is 10.3. The van der Waals surface area contributed by atoms with Crippen LogP contribution >= 0.6 is 11.9 Å². The van der Waals surface area contributed by atoms with Crippen molar-refractivity contribution in [3.63, 3.8) is 0 Å². The fourth-order valence-electron chi connectivity index (χ4n) is 2.65. The predicted molar refractivity (Wildman–Crippen MR) is 98.1 cm³/mol. The molecule has 1 aliphatic heterocycles. The number of anilines is 1. The van der Waals surface area contributed by atoms with Crippen molar-refractivity contribution in [3.8, 4) is 5.75 Å². The third-order valence-corrected chi connectivity index (χ3v) is 5.37. The lowest BCUT2D eigenvalue weighted by atomic mass is 10.0. The average molecular weight is 337 g/mol. The maximum Gasteiger partial charge on any atom is 0.224 e. The van der Waals surface area contributed by atoms with Crippen LogP contribution in [-0.4, -0.2) is 34.7 Å². The number of nitrogens with zero attached hydrogens (tertiary/aromatic N) is 1. The van der Waals surface area contributed by atoms with Crippen LogP contribution < -0.4 is 10.1 Å². The lowest BCUT2D eigenvalue weighted by Gasteiger charge is -2.32. The second-order valence-electron chi connectivity index (χ2n) is 6.16. The zero-order valence-electron chi connectivity index (χ0n) is 14.6. The number of fused-ring (bicyclic) bond motifs is 1. The highest BCUT2D eigenvalue weighted by Gasteiger charge is 2.26. The normalized spacial score (nSPS) is 17.0. The van der Waals surface area contributed by atoms with E-state index in [1.165, 1.54) is 0 Å². The monoisotopic (exact) mass is 336 g/mol. The molecule has 4 nitrogen and oxygen atoms in total. The van der Waals surface area contributed by atoms with Gasteiger partial charge in [0.05, 0.1) is 5.25 Å². The summed E-state index contributed by atoms with van der Waals surface area (Å²) in [6, 6.07) is 6.41. The molecule has 0 saturated heterocycles. The van der Waals surface area contributed by atoms with Crippen molar-refractivity contribution >= 4 is 23.5 Å². The van der Waals surface area contributed by atoms with Gasteiger partial charge in [0.15, 0.2) is 0 Å². The van der Waals surface area contributed by atoms with Crippen molar-refractivity contribution in [1.82, 2.24) is 4.31 Å². The number of ether oxygens (including phenoxy) is 1. The van der Waals surface area contributed by atoms with Crippen LogP contribution in [0.25, 0.3) is 0 Å². The van der Waals surface area contributed by atoms with Crippen LogP contribution in [0, 0.1) is 0 Å². The molecule has 0 bridgehead atoms. The number of hydrogen-bond donors (Lipinski definition) is 1. The third kappa shape index (κ3) is 4.88. The molecule has 0 radical (unpaired) electrons. The molecule has 0 aliphatic carbocycles. The second-order valence-corrected chi connectivity index (χ2v) is 7.51. The Morgan fingerprint density at radius 1 is 1.43 bits per heavy atom. The molecule has 1 aromatic carbocycles. The standard InChI is InChI=1S/C18H28N2O2S/c1-5-10-20(13(3)4)23-14-11-15-16(19-18(21)6-2)8-7-9-17(15)22-12-14/h7-9,13-14H,5-6,10-12H2,1-4H3,(H,19,21). The largest absolute Gasteiger partial charge is 0.492 e. The number of carbonyl (C=O) groups excluding carboxylic acids is 1. The van der Waals surface area contributed by atoms with Crippen LogP contribution in [0.4, 0.5) is 5.69 Å². The van der Waals surface area contributed by atoms with E-state index >= 15 is 0 Å². The van der Waals surface area contributed by atoms with Crippen LogP contribution in [0.1, 0.15) is 46.1 Å². The van der Waals surface area contributed by atoms with E-state index in [2.05, 4.69) is 30.4 Å². The summed E-state index contributed by atoms with van der Waals surface area (Å²) in [6.07, 6.45) is 2.56. The summed E-state index contributed by atoms with van der Waals surface area (Å²) >= 11 is 1.89. The number of benzene rings is 1. The number of amides is 1. The Kier molecular flexibility index (Phi) is 6.78. The molecule has 5 heteroatoms. The maximum absolute atomic E-state index is 11.7. The Balaban J connectivity index is 2.11.